The second-order valence-corrected chi connectivity index (χ2v) is 11.4. The highest BCUT2D eigenvalue weighted by atomic mass is 32.1. The Morgan fingerprint density at radius 2 is 1.78 bits per heavy atom. The minimum absolute atomic E-state index is 0.0648. The third-order valence-electron chi connectivity index (χ3n) is 7.99. The molecule has 41 heavy (non-hydrogen) atoms. The van der Waals surface area contributed by atoms with Gasteiger partial charge >= 0.3 is 0 Å². The van der Waals surface area contributed by atoms with Crippen LogP contribution in [0, 0.1) is 0 Å². The SMILES string of the molecule is COc1ccc(CCc2csc3c(C(=O)NCc4cccnc4)c(N4CCC(c5ccccc5)CC4)cnc23)cc1. The number of pyridine rings is 2. The number of fused-ring (bicyclic) bond motifs is 1. The summed E-state index contributed by atoms with van der Waals surface area (Å²) in [7, 11) is 1.68. The van der Waals surface area contributed by atoms with E-state index >= 15 is 0 Å². The number of methoxy groups -OCH3 is 1. The number of hydrogen-bond acceptors (Lipinski definition) is 6. The summed E-state index contributed by atoms with van der Waals surface area (Å²) in [6, 6.07) is 22.8. The number of carbonyl (C=O) groups excluding carboxylic acids is 1. The van der Waals surface area contributed by atoms with E-state index in [0.717, 1.165) is 71.6 Å². The third kappa shape index (κ3) is 6.10. The number of nitrogens with one attached hydrogen (secondary N) is 1. The summed E-state index contributed by atoms with van der Waals surface area (Å²) in [5.41, 5.74) is 7.39. The van der Waals surface area contributed by atoms with E-state index in [1.165, 1.54) is 16.7 Å². The number of ether oxygens (including phenoxy) is 1. The van der Waals surface area contributed by atoms with Gasteiger partial charge in [-0.15, -0.1) is 11.3 Å². The average Bonchev–Trinajstić information content (AvgIpc) is 3.46. The van der Waals surface area contributed by atoms with Crippen molar-refractivity contribution in [1.29, 1.82) is 0 Å². The Morgan fingerprint density at radius 3 is 2.51 bits per heavy atom. The van der Waals surface area contributed by atoms with E-state index in [9.17, 15) is 4.79 Å². The van der Waals surface area contributed by atoms with E-state index in [2.05, 4.69) is 63.0 Å². The van der Waals surface area contributed by atoms with Crippen molar-refractivity contribution in [2.75, 3.05) is 25.1 Å². The van der Waals surface area contributed by atoms with Gasteiger partial charge in [-0.1, -0.05) is 48.5 Å². The zero-order chi connectivity index (χ0) is 28.0. The van der Waals surface area contributed by atoms with Gasteiger partial charge in [0, 0.05) is 32.0 Å². The molecule has 7 heteroatoms. The Bertz CT molecular complexity index is 1600. The fourth-order valence-electron chi connectivity index (χ4n) is 5.67. The van der Waals surface area contributed by atoms with Gasteiger partial charge in [0.05, 0.1) is 34.8 Å². The number of rotatable bonds is 9. The van der Waals surface area contributed by atoms with E-state index in [0.29, 0.717) is 12.5 Å². The lowest BCUT2D eigenvalue weighted by molar-refractivity contribution is 0.0953. The molecule has 0 spiro atoms. The second-order valence-electron chi connectivity index (χ2n) is 10.5. The molecule has 1 aliphatic heterocycles. The number of thiophene rings is 1. The summed E-state index contributed by atoms with van der Waals surface area (Å²) in [5.74, 6) is 1.34. The predicted octanol–water partition coefficient (Wildman–Crippen LogP) is 6.80. The highest BCUT2D eigenvalue weighted by Crippen LogP contribution is 2.37. The zero-order valence-electron chi connectivity index (χ0n) is 23.3. The molecule has 208 valence electrons. The van der Waals surface area contributed by atoms with Crippen LogP contribution in [-0.2, 0) is 19.4 Å². The lowest BCUT2D eigenvalue weighted by atomic mass is 9.89. The third-order valence-corrected chi connectivity index (χ3v) is 9.02. The molecule has 3 aromatic heterocycles. The number of anilines is 1. The molecular weight excluding hydrogens is 528 g/mol. The minimum atomic E-state index is -0.0648. The summed E-state index contributed by atoms with van der Waals surface area (Å²) in [5, 5.41) is 5.33. The van der Waals surface area contributed by atoms with Crippen molar-refractivity contribution in [1.82, 2.24) is 15.3 Å². The largest absolute Gasteiger partial charge is 0.497 e. The van der Waals surface area contributed by atoms with Crippen LogP contribution in [0.4, 0.5) is 5.69 Å². The predicted molar refractivity (Wildman–Crippen MR) is 166 cm³/mol. The number of amides is 1. The number of nitrogens with zero attached hydrogens (tertiary/aromatic N) is 3. The van der Waals surface area contributed by atoms with Crippen molar-refractivity contribution in [2.45, 2.75) is 38.1 Å². The van der Waals surface area contributed by atoms with Crippen LogP contribution in [0.5, 0.6) is 5.75 Å². The fourth-order valence-corrected chi connectivity index (χ4v) is 6.77. The number of aromatic nitrogens is 2. The molecule has 0 radical (unpaired) electrons. The summed E-state index contributed by atoms with van der Waals surface area (Å²) in [4.78, 5) is 25.3. The number of piperidine rings is 1. The van der Waals surface area contributed by atoms with Crippen molar-refractivity contribution < 1.29 is 9.53 Å². The molecule has 0 bridgehead atoms. The minimum Gasteiger partial charge on any atom is -0.497 e. The molecule has 4 heterocycles. The highest BCUT2D eigenvalue weighted by Gasteiger charge is 2.27. The van der Waals surface area contributed by atoms with Gasteiger partial charge in [0.25, 0.3) is 5.91 Å². The Labute approximate surface area is 245 Å². The van der Waals surface area contributed by atoms with Gasteiger partial charge in [-0.2, -0.15) is 0 Å². The maximum atomic E-state index is 13.8. The van der Waals surface area contributed by atoms with Gasteiger partial charge in [0.15, 0.2) is 0 Å². The van der Waals surface area contributed by atoms with Gasteiger partial charge in [-0.25, -0.2) is 0 Å². The van der Waals surface area contributed by atoms with E-state index < -0.39 is 0 Å². The molecule has 0 atom stereocenters. The van der Waals surface area contributed by atoms with E-state index in [1.807, 2.05) is 30.5 Å². The first-order chi connectivity index (χ1) is 20.2. The van der Waals surface area contributed by atoms with Crippen LogP contribution in [0.2, 0.25) is 0 Å². The Balaban J connectivity index is 1.26. The topological polar surface area (TPSA) is 67.3 Å². The molecule has 5 aromatic rings. The first-order valence-corrected chi connectivity index (χ1v) is 15.1. The average molecular weight is 563 g/mol. The number of carbonyl (C=O) groups is 1. The normalized spacial score (nSPS) is 13.8. The number of aryl methyl sites for hydroxylation is 2. The maximum Gasteiger partial charge on any atom is 0.255 e. The highest BCUT2D eigenvalue weighted by molar-refractivity contribution is 7.17. The van der Waals surface area contributed by atoms with Crippen molar-refractivity contribution in [3.63, 3.8) is 0 Å². The molecule has 1 saturated heterocycles. The first-order valence-electron chi connectivity index (χ1n) is 14.2. The summed E-state index contributed by atoms with van der Waals surface area (Å²) in [6.07, 6.45) is 9.32. The molecule has 0 aliphatic carbocycles. The van der Waals surface area contributed by atoms with Crippen molar-refractivity contribution in [3.8, 4) is 5.75 Å². The van der Waals surface area contributed by atoms with E-state index in [-0.39, 0.29) is 5.91 Å². The van der Waals surface area contributed by atoms with Gasteiger partial charge in [0.1, 0.15) is 5.75 Å². The van der Waals surface area contributed by atoms with Crippen molar-refractivity contribution in [2.24, 2.45) is 0 Å². The molecule has 1 fully saturated rings. The summed E-state index contributed by atoms with van der Waals surface area (Å²) < 4.78 is 6.26. The smallest absolute Gasteiger partial charge is 0.255 e. The maximum absolute atomic E-state index is 13.8. The van der Waals surface area contributed by atoms with Crippen LogP contribution in [0.1, 0.15) is 51.4 Å². The quantitative estimate of drug-likeness (QED) is 0.214. The molecule has 1 N–H and O–H groups in total. The lowest BCUT2D eigenvalue weighted by Gasteiger charge is -2.34. The van der Waals surface area contributed by atoms with Crippen LogP contribution in [-0.4, -0.2) is 36.1 Å². The van der Waals surface area contributed by atoms with Crippen LogP contribution in [0.25, 0.3) is 10.2 Å². The Morgan fingerprint density at radius 1 is 0.976 bits per heavy atom. The molecular formula is C34H34N4O2S. The van der Waals surface area contributed by atoms with E-state index in [4.69, 9.17) is 9.72 Å². The monoisotopic (exact) mass is 562 g/mol. The van der Waals surface area contributed by atoms with Crippen molar-refractivity contribution in [3.05, 3.63) is 119 Å². The molecule has 1 amide bonds. The zero-order valence-corrected chi connectivity index (χ0v) is 24.1. The fraction of sp³-hybridized carbons (Fsp3) is 0.265. The Hall–Kier alpha value is -4.23. The molecule has 6 nitrogen and oxygen atoms in total. The van der Waals surface area contributed by atoms with Gasteiger partial charge in [-0.3, -0.25) is 14.8 Å². The molecule has 0 saturated carbocycles. The van der Waals surface area contributed by atoms with Crippen LogP contribution in [0.3, 0.4) is 0 Å². The summed E-state index contributed by atoms with van der Waals surface area (Å²) >= 11 is 1.63. The van der Waals surface area contributed by atoms with Gasteiger partial charge < -0.3 is 15.0 Å². The Kier molecular flexibility index (Phi) is 8.23. The molecule has 0 unspecified atom stereocenters. The van der Waals surface area contributed by atoms with Crippen LogP contribution < -0.4 is 15.0 Å². The lowest BCUT2D eigenvalue weighted by Crippen LogP contribution is -2.35. The van der Waals surface area contributed by atoms with Gasteiger partial charge in [0.2, 0.25) is 0 Å². The molecule has 6 rings (SSSR count). The number of benzene rings is 2. The van der Waals surface area contributed by atoms with E-state index in [1.54, 1.807) is 30.8 Å². The number of hydrogen-bond donors (Lipinski definition) is 1. The molecule has 2 aromatic carbocycles. The standard InChI is InChI=1S/C34H34N4O2S/c1-40-29-13-10-24(11-14-29)9-12-28-23-41-33-31(34(39)37-21-25-6-5-17-35-20-25)30(22-36-32(28)33)38-18-15-27(16-19-38)26-7-3-2-4-8-26/h2-8,10-11,13-14,17,20,22-23,27H,9,12,15-16,18-19,21H2,1H3,(H,37,39). The summed E-state index contributed by atoms with van der Waals surface area (Å²) in [6.45, 7) is 2.22. The first kappa shape index (κ1) is 27.0. The van der Waals surface area contributed by atoms with Crippen LogP contribution in [0.15, 0.2) is 90.7 Å². The van der Waals surface area contributed by atoms with Crippen molar-refractivity contribution >= 4 is 33.1 Å². The second kappa shape index (κ2) is 12.5. The molecule has 1 aliphatic rings. The van der Waals surface area contributed by atoms with Gasteiger partial charge in [-0.05, 0) is 77.4 Å². The van der Waals surface area contributed by atoms with Crippen LogP contribution >= 0.6 is 11.3 Å².